The van der Waals surface area contributed by atoms with E-state index >= 15 is 0 Å². The molecule has 1 atom stereocenters. The summed E-state index contributed by atoms with van der Waals surface area (Å²) in [5, 5.41) is 6.04. The first-order chi connectivity index (χ1) is 16.1. The maximum absolute atomic E-state index is 12.8. The standard InChI is InChI=1S/C23H26N4O6S/c1-15(28)25-17-8-10-18(11-9-17)34(31,32)27(2)14-22(29)26-21(23(30)33-3)12-16-13-24-20-7-5-4-6-19(16)20/h4-11,13,21,24H,12,14H2,1-3H3,(H,25,28)(H,26,29)/t21-/m1/s1. The molecule has 10 nitrogen and oxygen atoms in total. The molecule has 0 saturated heterocycles. The average Bonchev–Trinajstić information content (AvgIpc) is 3.20. The number of nitrogens with zero attached hydrogens (tertiary/aromatic N) is 1. The number of ether oxygens (including phenoxy) is 1. The number of aromatic amines is 1. The number of hydrogen-bond donors (Lipinski definition) is 3. The molecule has 3 rings (SSSR count). The average molecular weight is 487 g/mol. The quantitative estimate of drug-likeness (QED) is 0.393. The fraction of sp³-hybridized carbons (Fsp3) is 0.261. The maximum Gasteiger partial charge on any atom is 0.328 e. The van der Waals surface area contributed by atoms with Crippen molar-refractivity contribution >= 4 is 44.4 Å². The number of hydrogen-bond acceptors (Lipinski definition) is 6. The number of likely N-dealkylation sites (N-methyl/N-ethyl adjacent to an activating group) is 1. The topological polar surface area (TPSA) is 138 Å². The Morgan fingerprint density at radius 3 is 2.41 bits per heavy atom. The number of aromatic nitrogens is 1. The molecule has 3 aromatic rings. The number of anilines is 1. The Kier molecular flexibility index (Phi) is 7.69. The molecule has 0 radical (unpaired) electrons. The molecular formula is C23H26N4O6S. The molecule has 34 heavy (non-hydrogen) atoms. The van der Waals surface area contributed by atoms with Gasteiger partial charge in [-0.3, -0.25) is 9.59 Å². The molecule has 0 aliphatic rings. The van der Waals surface area contributed by atoms with Crippen LogP contribution in [-0.2, 0) is 35.6 Å². The third-order valence-corrected chi connectivity index (χ3v) is 6.99. The zero-order valence-corrected chi connectivity index (χ0v) is 19.8. The number of H-pyrrole nitrogens is 1. The Balaban J connectivity index is 1.69. The Labute approximate surface area is 197 Å². The van der Waals surface area contributed by atoms with Crippen molar-refractivity contribution in [2.75, 3.05) is 26.0 Å². The normalized spacial score (nSPS) is 12.4. The fourth-order valence-corrected chi connectivity index (χ4v) is 4.60. The zero-order valence-electron chi connectivity index (χ0n) is 19.0. The van der Waals surface area contributed by atoms with Gasteiger partial charge < -0.3 is 20.4 Å². The van der Waals surface area contributed by atoms with Crippen molar-refractivity contribution in [2.45, 2.75) is 24.3 Å². The van der Waals surface area contributed by atoms with Crippen molar-refractivity contribution in [2.24, 2.45) is 0 Å². The van der Waals surface area contributed by atoms with Crippen LogP contribution in [0, 0.1) is 0 Å². The molecule has 180 valence electrons. The van der Waals surface area contributed by atoms with E-state index < -0.39 is 34.5 Å². The Morgan fingerprint density at radius 1 is 1.09 bits per heavy atom. The molecule has 2 amide bonds. The van der Waals surface area contributed by atoms with Crippen LogP contribution in [-0.4, -0.2) is 62.2 Å². The van der Waals surface area contributed by atoms with Gasteiger partial charge in [0.05, 0.1) is 18.6 Å². The second kappa shape index (κ2) is 10.5. The van der Waals surface area contributed by atoms with Crippen LogP contribution < -0.4 is 10.6 Å². The summed E-state index contributed by atoms with van der Waals surface area (Å²) in [5.41, 5.74) is 2.15. The number of rotatable bonds is 9. The highest BCUT2D eigenvalue weighted by Crippen LogP contribution is 2.20. The van der Waals surface area contributed by atoms with Gasteiger partial charge in [0.2, 0.25) is 21.8 Å². The van der Waals surface area contributed by atoms with Gasteiger partial charge in [0.1, 0.15) is 6.04 Å². The van der Waals surface area contributed by atoms with Crippen LogP contribution in [0.5, 0.6) is 0 Å². The van der Waals surface area contributed by atoms with Crippen LogP contribution in [0.15, 0.2) is 59.6 Å². The van der Waals surface area contributed by atoms with Crippen molar-refractivity contribution in [3.8, 4) is 0 Å². The van der Waals surface area contributed by atoms with Gasteiger partial charge in [0.25, 0.3) is 0 Å². The first-order valence-electron chi connectivity index (χ1n) is 10.4. The third-order valence-electron chi connectivity index (χ3n) is 5.17. The van der Waals surface area contributed by atoms with Gasteiger partial charge in [0.15, 0.2) is 0 Å². The third kappa shape index (κ3) is 5.80. The van der Waals surface area contributed by atoms with Crippen molar-refractivity contribution in [3.05, 3.63) is 60.3 Å². The van der Waals surface area contributed by atoms with Crippen LogP contribution in [0.2, 0.25) is 0 Å². The van der Waals surface area contributed by atoms with Gasteiger partial charge in [-0.25, -0.2) is 13.2 Å². The van der Waals surface area contributed by atoms with E-state index in [2.05, 4.69) is 15.6 Å². The van der Waals surface area contributed by atoms with Gasteiger partial charge in [-0.1, -0.05) is 18.2 Å². The van der Waals surface area contributed by atoms with Crippen molar-refractivity contribution in [1.82, 2.24) is 14.6 Å². The van der Waals surface area contributed by atoms with Crippen LogP contribution in [0.1, 0.15) is 12.5 Å². The second-order valence-corrected chi connectivity index (χ2v) is 9.72. The number of sulfonamides is 1. The van der Waals surface area contributed by atoms with E-state index in [1.54, 1.807) is 6.20 Å². The number of carbonyl (C=O) groups is 3. The molecule has 0 spiro atoms. The largest absolute Gasteiger partial charge is 0.467 e. The van der Waals surface area contributed by atoms with Gasteiger partial charge in [-0.05, 0) is 35.9 Å². The Bertz CT molecular complexity index is 1300. The predicted octanol–water partition coefficient (Wildman–Crippen LogP) is 1.65. The van der Waals surface area contributed by atoms with Crippen molar-refractivity contribution in [1.29, 1.82) is 0 Å². The van der Waals surface area contributed by atoms with E-state index in [0.29, 0.717) is 5.69 Å². The summed E-state index contributed by atoms with van der Waals surface area (Å²) >= 11 is 0. The van der Waals surface area contributed by atoms with Gasteiger partial charge >= 0.3 is 5.97 Å². The molecule has 0 bridgehead atoms. The van der Waals surface area contributed by atoms with Crippen molar-refractivity contribution < 1.29 is 27.5 Å². The monoisotopic (exact) mass is 486 g/mol. The van der Waals surface area contributed by atoms with Crippen LogP contribution in [0.3, 0.4) is 0 Å². The predicted molar refractivity (Wildman–Crippen MR) is 127 cm³/mol. The summed E-state index contributed by atoms with van der Waals surface area (Å²) in [7, 11) is -1.49. The molecule has 1 aromatic heterocycles. The zero-order chi connectivity index (χ0) is 24.9. The molecule has 2 aromatic carbocycles. The lowest BCUT2D eigenvalue weighted by Crippen LogP contribution is -2.47. The molecule has 11 heteroatoms. The first kappa shape index (κ1) is 24.9. The lowest BCUT2D eigenvalue weighted by molar-refractivity contribution is -0.145. The van der Waals surface area contributed by atoms with Gasteiger partial charge in [-0.15, -0.1) is 0 Å². The fourth-order valence-electron chi connectivity index (χ4n) is 3.48. The van der Waals surface area contributed by atoms with E-state index in [1.165, 1.54) is 45.3 Å². The lowest BCUT2D eigenvalue weighted by atomic mass is 10.0. The minimum absolute atomic E-state index is 0.0415. The number of esters is 1. The second-order valence-electron chi connectivity index (χ2n) is 7.67. The summed E-state index contributed by atoms with van der Waals surface area (Å²) in [4.78, 5) is 39.2. The van der Waals surface area contributed by atoms with Crippen LogP contribution in [0.4, 0.5) is 5.69 Å². The number of para-hydroxylation sites is 1. The summed E-state index contributed by atoms with van der Waals surface area (Å²) < 4.78 is 31.4. The number of fused-ring (bicyclic) bond motifs is 1. The van der Waals surface area contributed by atoms with Crippen LogP contribution >= 0.6 is 0 Å². The highest BCUT2D eigenvalue weighted by molar-refractivity contribution is 7.89. The molecule has 3 N–H and O–H groups in total. The molecular weight excluding hydrogens is 460 g/mol. The summed E-state index contributed by atoms with van der Waals surface area (Å²) in [6.07, 6.45) is 1.93. The van der Waals surface area contributed by atoms with E-state index in [4.69, 9.17) is 4.74 Å². The van der Waals surface area contributed by atoms with Gasteiger partial charge in [0, 0.05) is 43.2 Å². The number of methoxy groups -OCH3 is 1. The molecule has 0 fully saturated rings. The summed E-state index contributed by atoms with van der Waals surface area (Å²) in [5.74, 6) is -1.58. The molecule has 0 aliphatic heterocycles. The number of carbonyl (C=O) groups excluding carboxylic acids is 3. The van der Waals surface area contributed by atoms with Gasteiger partial charge in [-0.2, -0.15) is 4.31 Å². The first-order valence-corrected chi connectivity index (χ1v) is 11.8. The van der Waals surface area contributed by atoms with Crippen LogP contribution in [0.25, 0.3) is 10.9 Å². The smallest absolute Gasteiger partial charge is 0.328 e. The SMILES string of the molecule is COC(=O)[C@@H](Cc1c[nH]c2ccccc12)NC(=O)CN(C)S(=O)(=O)c1ccc(NC(C)=O)cc1. The van der Waals surface area contributed by atoms with E-state index in [1.807, 2.05) is 24.3 Å². The Morgan fingerprint density at radius 2 is 1.76 bits per heavy atom. The highest BCUT2D eigenvalue weighted by Gasteiger charge is 2.27. The maximum atomic E-state index is 12.8. The number of benzene rings is 2. The minimum Gasteiger partial charge on any atom is -0.467 e. The molecule has 1 heterocycles. The lowest BCUT2D eigenvalue weighted by Gasteiger charge is -2.20. The number of amides is 2. The van der Waals surface area contributed by atoms with E-state index in [-0.39, 0.29) is 17.2 Å². The molecule has 0 aliphatic carbocycles. The highest BCUT2D eigenvalue weighted by atomic mass is 32.2. The minimum atomic E-state index is -3.98. The summed E-state index contributed by atoms with van der Waals surface area (Å²) in [6, 6.07) is 12.1. The van der Waals surface area contributed by atoms with E-state index in [0.717, 1.165) is 20.8 Å². The molecule has 0 unspecified atom stereocenters. The Hall–Kier alpha value is -3.70. The summed E-state index contributed by atoms with van der Waals surface area (Å²) in [6.45, 7) is 0.842. The molecule has 0 saturated carbocycles. The van der Waals surface area contributed by atoms with Crippen molar-refractivity contribution in [3.63, 3.8) is 0 Å². The van der Waals surface area contributed by atoms with E-state index in [9.17, 15) is 22.8 Å². The number of nitrogens with one attached hydrogen (secondary N) is 3.